The summed E-state index contributed by atoms with van der Waals surface area (Å²) >= 11 is 1.60. The molecule has 0 saturated carbocycles. The fraction of sp³-hybridized carbons (Fsp3) is 0.533. The van der Waals surface area contributed by atoms with Gasteiger partial charge in [-0.25, -0.2) is 14.5 Å². The van der Waals surface area contributed by atoms with Gasteiger partial charge in [0, 0.05) is 49.2 Å². The molecule has 124 valence electrons. The van der Waals surface area contributed by atoms with Crippen LogP contribution in [-0.4, -0.2) is 40.6 Å². The van der Waals surface area contributed by atoms with Gasteiger partial charge in [-0.3, -0.25) is 5.32 Å². The van der Waals surface area contributed by atoms with Crippen LogP contribution in [0.25, 0.3) is 0 Å². The molecule has 8 heteroatoms. The maximum atomic E-state index is 12.1. The Kier molecular flexibility index (Phi) is 5.24. The zero-order chi connectivity index (χ0) is 16.1. The molecule has 0 aromatic carbocycles. The number of carbonyl (C=O) groups is 1. The van der Waals surface area contributed by atoms with Gasteiger partial charge in [-0.05, 0) is 6.42 Å². The van der Waals surface area contributed by atoms with Gasteiger partial charge in [0.05, 0.1) is 17.8 Å². The van der Waals surface area contributed by atoms with E-state index in [1.165, 1.54) is 0 Å². The number of amides is 2. The zero-order valence-electron chi connectivity index (χ0n) is 13.1. The van der Waals surface area contributed by atoms with Crippen LogP contribution in [0.15, 0.2) is 23.8 Å². The van der Waals surface area contributed by atoms with E-state index in [2.05, 4.69) is 20.7 Å². The first kappa shape index (κ1) is 15.9. The van der Waals surface area contributed by atoms with Gasteiger partial charge in [-0.2, -0.15) is 5.10 Å². The molecule has 1 aliphatic heterocycles. The van der Waals surface area contributed by atoms with Gasteiger partial charge in [0.1, 0.15) is 5.82 Å². The number of nitrogens with one attached hydrogen (secondary N) is 2. The molecule has 7 nitrogen and oxygen atoms in total. The highest BCUT2D eigenvalue weighted by molar-refractivity contribution is 7.09. The molecule has 0 aliphatic carbocycles. The first-order valence-electron chi connectivity index (χ1n) is 7.76. The normalized spacial score (nSPS) is 18.7. The summed E-state index contributed by atoms with van der Waals surface area (Å²) in [5, 5.41) is 13.0. The quantitative estimate of drug-likeness (QED) is 0.849. The van der Waals surface area contributed by atoms with Crippen molar-refractivity contribution in [2.75, 3.05) is 25.1 Å². The highest BCUT2D eigenvalue weighted by atomic mass is 32.1. The van der Waals surface area contributed by atoms with Crippen LogP contribution in [0.1, 0.15) is 24.3 Å². The van der Waals surface area contributed by atoms with Crippen molar-refractivity contribution in [1.29, 1.82) is 0 Å². The SMILES string of the molecule is C[C@@H](CNC(=O)Nc1ccnn1C[C@@H]1CCOC1)c1nccs1. The summed E-state index contributed by atoms with van der Waals surface area (Å²) in [7, 11) is 0. The molecule has 1 fully saturated rings. The second-order valence-corrected chi connectivity index (χ2v) is 6.66. The highest BCUT2D eigenvalue weighted by Crippen LogP contribution is 2.18. The molecule has 2 amide bonds. The van der Waals surface area contributed by atoms with Crippen LogP contribution >= 0.6 is 11.3 Å². The number of hydrogen-bond acceptors (Lipinski definition) is 5. The van der Waals surface area contributed by atoms with Crippen molar-refractivity contribution in [2.24, 2.45) is 5.92 Å². The van der Waals surface area contributed by atoms with Crippen LogP contribution in [-0.2, 0) is 11.3 Å². The first-order valence-corrected chi connectivity index (χ1v) is 8.64. The van der Waals surface area contributed by atoms with Crippen molar-refractivity contribution >= 4 is 23.2 Å². The summed E-state index contributed by atoms with van der Waals surface area (Å²) in [5.74, 6) is 1.36. The smallest absolute Gasteiger partial charge is 0.320 e. The molecular formula is C15H21N5O2S. The largest absolute Gasteiger partial charge is 0.381 e. The molecule has 0 bridgehead atoms. The second kappa shape index (κ2) is 7.56. The van der Waals surface area contributed by atoms with Crippen LogP contribution in [0.4, 0.5) is 10.6 Å². The average Bonchev–Trinajstić information content (AvgIpc) is 3.28. The second-order valence-electron chi connectivity index (χ2n) is 5.73. The van der Waals surface area contributed by atoms with Gasteiger partial charge in [0.2, 0.25) is 0 Å². The lowest BCUT2D eigenvalue weighted by Crippen LogP contribution is -2.32. The van der Waals surface area contributed by atoms with Crippen LogP contribution in [0.2, 0.25) is 0 Å². The lowest BCUT2D eigenvalue weighted by molar-refractivity contribution is 0.181. The summed E-state index contributed by atoms with van der Waals surface area (Å²) in [6, 6.07) is 1.58. The van der Waals surface area contributed by atoms with Crippen LogP contribution in [0.3, 0.4) is 0 Å². The molecule has 2 atom stereocenters. The van der Waals surface area contributed by atoms with E-state index < -0.39 is 0 Å². The molecule has 2 N–H and O–H groups in total. The zero-order valence-corrected chi connectivity index (χ0v) is 13.9. The third-order valence-corrected chi connectivity index (χ3v) is 4.86. The van der Waals surface area contributed by atoms with Crippen molar-refractivity contribution in [3.05, 3.63) is 28.8 Å². The maximum Gasteiger partial charge on any atom is 0.320 e. The van der Waals surface area contributed by atoms with Gasteiger partial charge < -0.3 is 10.1 Å². The van der Waals surface area contributed by atoms with Crippen LogP contribution < -0.4 is 10.6 Å². The third-order valence-electron chi connectivity index (χ3n) is 3.86. The summed E-state index contributed by atoms with van der Waals surface area (Å²) < 4.78 is 7.20. The summed E-state index contributed by atoms with van der Waals surface area (Å²) in [4.78, 5) is 16.3. The number of rotatable bonds is 6. The topological polar surface area (TPSA) is 81.1 Å². The molecule has 2 aromatic heterocycles. The molecule has 1 saturated heterocycles. The number of carbonyl (C=O) groups excluding carboxylic acids is 1. The molecule has 0 unspecified atom stereocenters. The number of ether oxygens (including phenoxy) is 1. The Morgan fingerprint density at radius 3 is 3.22 bits per heavy atom. The van der Waals surface area contributed by atoms with E-state index in [1.807, 2.05) is 17.0 Å². The molecule has 2 aromatic rings. The van der Waals surface area contributed by atoms with Crippen molar-refractivity contribution < 1.29 is 9.53 Å². The molecule has 3 heterocycles. The summed E-state index contributed by atoms with van der Waals surface area (Å²) in [6.07, 6.45) is 4.52. The standard InChI is InChI=1S/C15H21N5O2S/c1-11(14-16-5-7-23-14)8-17-15(21)19-13-2-4-18-20(13)9-12-3-6-22-10-12/h2,4-5,7,11-12H,3,6,8-10H2,1H3,(H2,17,19,21)/t11-,12-/m0/s1. The Morgan fingerprint density at radius 2 is 2.48 bits per heavy atom. The van der Waals surface area contributed by atoms with Crippen molar-refractivity contribution in [3.63, 3.8) is 0 Å². The van der Waals surface area contributed by atoms with E-state index in [1.54, 1.807) is 29.8 Å². The van der Waals surface area contributed by atoms with Crippen LogP contribution in [0.5, 0.6) is 0 Å². The molecule has 3 rings (SSSR count). The highest BCUT2D eigenvalue weighted by Gasteiger charge is 2.18. The Hall–Kier alpha value is -1.93. The molecule has 0 spiro atoms. The maximum absolute atomic E-state index is 12.1. The lowest BCUT2D eigenvalue weighted by Gasteiger charge is -2.14. The Morgan fingerprint density at radius 1 is 1.57 bits per heavy atom. The van der Waals surface area contributed by atoms with Gasteiger partial charge in [-0.1, -0.05) is 6.92 Å². The fourth-order valence-electron chi connectivity index (χ4n) is 2.53. The summed E-state index contributed by atoms with van der Waals surface area (Å²) in [6.45, 7) is 4.92. The average molecular weight is 335 g/mol. The number of thiazole rings is 1. The molecule has 1 aliphatic rings. The minimum atomic E-state index is -0.224. The van der Waals surface area contributed by atoms with E-state index in [0.717, 1.165) is 31.2 Å². The Balaban J connectivity index is 1.49. The molecular weight excluding hydrogens is 314 g/mol. The van der Waals surface area contributed by atoms with Crippen molar-refractivity contribution in [3.8, 4) is 0 Å². The number of hydrogen-bond donors (Lipinski definition) is 2. The number of nitrogens with zero attached hydrogens (tertiary/aromatic N) is 3. The van der Waals surface area contributed by atoms with Gasteiger partial charge in [0.25, 0.3) is 0 Å². The Labute approximate surface area is 139 Å². The van der Waals surface area contributed by atoms with Crippen molar-refractivity contribution in [2.45, 2.75) is 25.8 Å². The number of aromatic nitrogens is 3. The predicted octanol–water partition coefficient (Wildman–Crippen LogP) is 2.30. The minimum Gasteiger partial charge on any atom is -0.381 e. The fourth-order valence-corrected chi connectivity index (χ4v) is 3.23. The summed E-state index contributed by atoms with van der Waals surface area (Å²) in [5.41, 5.74) is 0. The minimum absolute atomic E-state index is 0.196. The third kappa shape index (κ3) is 4.29. The van der Waals surface area contributed by atoms with Gasteiger partial charge >= 0.3 is 6.03 Å². The molecule has 23 heavy (non-hydrogen) atoms. The van der Waals surface area contributed by atoms with Crippen molar-refractivity contribution in [1.82, 2.24) is 20.1 Å². The molecule has 0 radical (unpaired) electrons. The Bertz CT molecular complexity index is 622. The van der Waals surface area contributed by atoms with E-state index in [0.29, 0.717) is 18.3 Å². The number of urea groups is 1. The predicted molar refractivity (Wildman–Crippen MR) is 88.7 cm³/mol. The monoisotopic (exact) mass is 335 g/mol. The van der Waals surface area contributed by atoms with E-state index >= 15 is 0 Å². The number of anilines is 1. The lowest BCUT2D eigenvalue weighted by atomic mass is 10.1. The van der Waals surface area contributed by atoms with Crippen LogP contribution in [0, 0.1) is 5.92 Å². The van der Waals surface area contributed by atoms with Gasteiger partial charge in [0.15, 0.2) is 0 Å². The first-order chi connectivity index (χ1) is 11.2. The van der Waals surface area contributed by atoms with E-state index in [4.69, 9.17) is 4.74 Å². The van der Waals surface area contributed by atoms with Gasteiger partial charge in [-0.15, -0.1) is 11.3 Å². The van der Waals surface area contributed by atoms with E-state index in [9.17, 15) is 4.79 Å². The van der Waals surface area contributed by atoms with E-state index in [-0.39, 0.29) is 11.9 Å².